The third kappa shape index (κ3) is 5.72. The Bertz CT molecular complexity index is 1520. The molecule has 3 aromatic carbocycles. The van der Waals surface area contributed by atoms with Crippen molar-refractivity contribution in [2.45, 2.75) is 32.9 Å². The van der Waals surface area contributed by atoms with Gasteiger partial charge in [0, 0.05) is 56.5 Å². The molecule has 42 heavy (non-hydrogen) atoms. The number of rotatable bonds is 6. The van der Waals surface area contributed by atoms with Crippen LogP contribution in [-0.2, 0) is 11.4 Å². The van der Waals surface area contributed by atoms with Gasteiger partial charge in [0.05, 0.1) is 18.5 Å². The number of hydrogen-bond donors (Lipinski definition) is 1. The third-order valence-corrected chi connectivity index (χ3v) is 7.86. The molecule has 0 spiro atoms. The van der Waals surface area contributed by atoms with Crippen LogP contribution >= 0.6 is 0 Å². The van der Waals surface area contributed by atoms with Gasteiger partial charge in [0.1, 0.15) is 35.2 Å². The highest BCUT2D eigenvalue weighted by Gasteiger charge is 2.39. The monoisotopic (exact) mass is 576 g/mol. The first kappa shape index (κ1) is 29.2. The van der Waals surface area contributed by atoms with Crippen LogP contribution in [0.5, 0.6) is 17.2 Å². The Morgan fingerprint density at radius 2 is 1.69 bits per heavy atom. The molecule has 0 unspecified atom stereocenters. The topological polar surface area (TPSA) is 83.6 Å². The van der Waals surface area contributed by atoms with E-state index in [-0.39, 0.29) is 12.5 Å². The van der Waals surface area contributed by atoms with Gasteiger partial charge >= 0.3 is 6.09 Å². The van der Waals surface area contributed by atoms with Crippen molar-refractivity contribution >= 4 is 23.4 Å². The Labute approximate surface area is 245 Å². The van der Waals surface area contributed by atoms with Crippen molar-refractivity contribution in [2.75, 3.05) is 57.6 Å². The van der Waals surface area contributed by atoms with Gasteiger partial charge in [-0.1, -0.05) is 12.1 Å². The quantitative estimate of drug-likeness (QED) is 0.426. The second-order valence-electron chi connectivity index (χ2n) is 11.3. The number of piperazine rings is 1. The molecule has 1 saturated heterocycles. The summed E-state index contributed by atoms with van der Waals surface area (Å²) in [6.45, 7) is 8.36. The Balaban J connectivity index is 1.53. The maximum atomic E-state index is 14.1. The predicted molar refractivity (Wildman–Crippen MR) is 160 cm³/mol. The fourth-order valence-corrected chi connectivity index (χ4v) is 5.42. The molecule has 5 rings (SSSR count). The molecule has 0 atom stereocenters. The van der Waals surface area contributed by atoms with Crippen molar-refractivity contribution < 1.29 is 28.2 Å². The fraction of sp³-hybridized carbons (Fsp3) is 0.375. The summed E-state index contributed by atoms with van der Waals surface area (Å²) in [7, 11) is 5.31. The predicted octanol–water partition coefficient (Wildman–Crippen LogP) is 5.30. The summed E-state index contributed by atoms with van der Waals surface area (Å²) >= 11 is 0. The molecule has 0 radical (unpaired) electrons. The smallest absolute Gasteiger partial charge is 0.415 e. The number of carbonyl (C=O) groups is 2. The maximum absolute atomic E-state index is 14.1. The molecular weight excluding hydrogens is 539 g/mol. The van der Waals surface area contributed by atoms with Gasteiger partial charge in [-0.05, 0) is 63.2 Å². The van der Waals surface area contributed by atoms with Gasteiger partial charge in [0.2, 0.25) is 0 Å². The first-order valence-corrected chi connectivity index (χ1v) is 13.9. The van der Waals surface area contributed by atoms with E-state index < -0.39 is 17.4 Å². The zero-order chi connectivity index (χ0) is 30.2. The lowest BCUT2D eigenvalue weighted by Crippen LogP contribution is -2.52. The minimum absolute atomic E-state index is 0.0613. The van der Waals surface area contributed by atoms with Crippen LogP contribution in [-0.4, -0.2) is 74.7 Å². The number of amides is 2. The number of halogens is 1. The van der Waals surface area contributed by atoms with Gasteiger partial charge in [0.25, 0.3) is 5.91 Å². The lowest BCUT2D eigenvalue weighted by atomic mass is 9.91. The number of ether oxygens (including phenoxy) is 3. The minimum Gasteiger partial charge on any atom is -0.496 e. The molecular formula is C32H37FN4O5. The highest BCUT2D eigenvalue weighted by Crippen LogP contribution is 2.45. The average Bonchev–Trinajstić information content (AvgIpc) is 2.96. The van der Waals surface area contributed by atoms with Crippen LogP contribution in [0, 0.1) is 12.7 Å². The number of fused-ring (bicyclic) bond motifs is 1. The van der Waals surface area contributed by atoms with Crippen LogP contribution in [0.1, 0.15) is 25.0 Å². The normalized spacial score (nSPS) is 16.5. The van der Waals surface area contributed by atoms with Crippen LogP contribution in [0.3, 0.4) is 0 Å². The second kappa shape index (κ2) is 11.5. The number of hydrogen-bond acceptors (Lipinski definition) is 7. The van der Waals surface area contributed by atoms with Crippen molar-refractivity contribution in [1.29, 1.82) is 0 Å². The molecule has 2 aliphatic rings. The average molecular weight is 577 g/mol. The van der Waals surface area contributed by atoms with E-state index in [0.29, 0.717) is 36.0 Å². The molecule has 9 nitrogen and oxygen atoms in total. The van der Waals surface area contributed by atoms with E-state index in [4.69, 9.17) is 14.2 Å². The number of aryl methyl sites for hydroxylation is 1. The van der Waals surface area contributed by atoms with Crippen LogP contribution in [0.2, 0.25) is 0 Å². The van der Waals surface area contributed by atoms with Crippen molar-refractivity contribution in [2.24, 2.45) is 0 Å². The van der Waals surface area contributed by atoms with Crippen LogP contribution in [0.4, 0.5) is 20.6 Å². The number of nitrogens with zero attached hydrogens (tertiary/aromatic N) is 3. The third-order valence-electron chi connectivity index (χ3n) is 7.86. The van der Waals surface area contributed by atoms with Crippen molar-refractivity contribution in [3.63, 3.8) is 0 Å². The Kier molecular flexibility index (Phi) is 8.01. The molecule has 3 aromatic rings. The molecule has 222 valence electrons. The summed E-state index contributed by atoms with van der Waals surface area (Å²) in [5.74, 6) is 0.759. The zero-order valence-electron chi connectivity index (χ0n) is 24.9. The van der Waals surface area contributed by atoms with Gasteiger partial charge in [0.15, 0.2) is 0 Å². The summed E-state index contributed by atoms with van der Waals surface area (Å²) in [6, 6.07) is 13.5. The van der Waals surface area contributed by atoms with E-state index in [1.54, 1.807) is 42.2 Å². The number of methoxy groups -OCH3 is 1. The molecule has 10 heteroatoms. The molecule has 1 N–H and O–H groups in total. The molecule has 0 saturated carbocycles. The molecule has 2 amide bonds. The fourth-order valence-electron chi connectivity index (χ4n) is 5.42. The largest absolute Gasteiger partial charge is 0.496 e. The summed E-state index contributed by atoms with van der Waals surface area (Å²) in [5.41, 5.74) is 3.63. The molecule has 2 heterocycles. The molecule has 1 fully saturated rings. The van der Waals surface area contributed by atoms with Gasteiger partial charge in [-0.15, -0.1) is 0 Å². The Morgan fingerprint density at radius 1 is 0.976 bits per heavy atom. The molecule has 0 bridgehead atoms. The maximum Gasteiger partial charge on any atom is 0.415 e. The molecule has 2 aliphatic heterocycles. The van der Waals surface area contributed by atoms with Crippen LogP contribution in [0.15, 0.2) is 48.5 Å². The first-order chi connectivity index (χ1) is 20.0. The highest BCUT2D eigenvalue weighted by molar-refractivity contribution is 6.08. The van der Waals surface area contributed by atoms with E-state index in [1.807, 2.05) is 46.0 Å². The molecule has 0 aromatic heterocycles. The number of anilines is 2. The highest BCUT2D eigenvalue weighted by atomic mass is 19.1. The van der Waals surface area contributed by atoms with E-state index in [2.05, 4.69) is 10.2 Å². The van der Waals surface area contributed by atoms with Crippen molar-refractivity contribution in [1.82, 2.24) is 9.80 Å². The van der Waals surface area contributed by atoms with E-state index in [9.17, 15) is 14.0 Å². The minimum atomic E-state index is -0.798. The summed E-state index contributed by atoms with van der Waals surface area (Å²) < 4.78 is 31.7. The Morgan fingerprint density at radius 3 is 2.40 bits per heavy atom. The lowest BCUT2D eigenvalue weighted by Gasteiger charge is -2.39. The standard InChI is InChI=1S/C32H37FN4O5/c1-20-7-8-21(33)17-27(20)41-19-25-23(11-12-26-29(25)36(5)30(38)32(2,3)34-26)24-10-9-22(18-28(24)40-6)42-31(39)37-15-13-35(4)14-16-37/h7-12,17-18,34H,13-16,19H2,1-6H3. The first-order valence-electron chi connectivity index (χ1n) is 13.9. The van der Waals surface area contributed by atoms with E-state index in [0.717, 1.165) is 41.0 Å². The van der Waals surface area contributed by atoms with Crippen molar-refractivity contribution in [3.05, 3.63) is 65.5 Å². The summed E-state index contributed by atoms with van der Waals surface area (Å²) in [5, 5.41) is 3.34. The van der Waals surface area contributed by atoms with Gasteiger partial charge in [-0.25, -0.2) is 9.18 Å². The van der Waals surface area contributed by atoms with Crippen LogP contribution < -0.4 is 24.4 Å². The number of benzene rings is 3. The number of carbonyl (C=O) groups excluding carboxylic acids is 2. The van der Waals surface area contributed by atoms with Gasteiger partial charge < -0.3 is 34.2 Å². The number of likely N-dealkylation sites (N-methyl/N-ethyl adjacent to an activating group) is 2. The SMILES string of the molecule is COc1cc(OC(=O)N2CCN(C)CC2)ccc1-c1ccc2c(c1COc1cc(F)ccc1C)N(C)C(=O)C(C)(C)N2. The number of nitrogens with one attached hydrogen (secondary N) is 1. The lowest BCUT2D eigenvalue weighted by molar-refractivity contribution is -0.121. The van der Waals surface area contributed by atoms with Crippen LogP contribution in [0.25, 0.3) is 11.1 Å². The van der Waals surface area contributed by atoms with Gasteiger partial charge in [-0.3, -0.25) is 4.79 Å². The Hall–Kier alpha value is -4.31. The summed E-state index contributed by atoms with van der Waals surface area (Å²) in [6.07, 6.45) is -0.403. The second-order valence-corrected chi connectivity index (χ2v) is 11.3. The van der Waals surface area contributed by atoms with Gasteiger partial charge in [-0.2, -0.15) is 0 Å². The van der Waals surface area contributed by atoms with E-state index in [1.165, 1.54) is 12.1 Å². The van der Waals surface area contributed by atoms with E-state index >= 15 is 0 Å². The molecule has 0 aliphatic carbocycles. The zero-order valence-corrected chi connectivity index (χ0v) is 24.9. The summed E-state index contributed by atoms with van der Waals surface area (Å²) in [4.78, 5) is 31.6. The van der Waals surface area contributed by atoms with Crippen molar-refractivity contribution in [3.8, 4) is 28.4 Å².